The highest BCUT2D eigenvalue weighted by Crippen LogP contribution is 2.13. The predicted molar refractivity (Wildman–Crippen MR) is 55.7 cm³/mol. The summed E-state index contributed by atoms with van der Waals surface area (Å²) < 4.78 is 3.01. The van der Waals surface area contributed by atoms with Gasteiger partial charge in [-0.25, -0.2) is 4.98 Å². The van der Waals surface area contributed by atoms with Gasteiger partial charge in [-0.1, -0.05) is 6.07 Å². The van der Waals surface area contributed by atoms with Crippen LogP contribution in [0, 0.1) is 0 Å². The molecule has 0 aliphatic heterocycles. The summed E-state index contributed by atoms with van der Waals surface area (Å²) in [5, 5.41) is 3.11. The second-order valence-electron chi connectivity index (χ2n) is 2.88. The molecule has 0 aliphatic rings. The molecule has 0 unspecified atom stereocenters. The van der Waals surface area contributed by atoms with E-state index in [9.17, 15) is 0 Å². The van der Waals surface area contributed by atoms with Crippen LogP contribution in [0.3, 0.4) is 0 Å². The summed E-state index contributed by atoms with van der Waals surface area (Å²) in [5.74, 6) is 0. The van der Waals surface area contributed by atoms with Crippen LogP contribution in [-0.2, 0) is 6.54 Å². The van der Waals surface area contributed by atoms with Crippen molar-refractivity contribution in [3.8, 4) is 0 Å². The predicted octanol–water partition coefficient (Wildman–Crippen LogP) is 1.82. The maximum absolute atomic E-state index is 4.22. The molecule has 0 saturated heterocycles. The minimum atomic E-state index is 0.876. The molecule has 0 spiro atoms. The molecule has 13 heavy (non-hydrogen) atoms. The Morgan fingerprint density at radius 1 is 1.54 bits per heavy atom. The summed E-state index contributed by atoms with van der Waals surface area (Å²) in [7, 11) is 1.94. The molecule has 0 aromatic carbocycles. The van der Waals surface area contributed by atoms with Crippen LogP contribution in [0.15, 0.2) is 29.1 Å². The Hall–Kier alpha value is -0.870. The Bertz CT molecular complexity index is 422. The maximum atomic E-state index is 4.22. The Morgan fingerprint density at radius 2 is 2.38 bits per heavy atom. The first kappa shape index (κ1) is 8.72. The van der Waals surface area contributed by atoms with Crippen LogP contribution in [0.25, 0.3) is 5.65 Å². The van der Waals surface area contributed by atoms with E-state index in [0.717, 1.165) is 16.8 Å². The highest BCUT2D eigenvalue weighted by atomic mass is 79.9. The van der Waals surface area contributed by atoms with Gasteiger partial charge >= 0.3 is 0 Å². The first-order chi connectivity index (χ1) is 6.31. The molecule has 2 aromatic rings. The number of nitrogens with zero attached hydrogens (tertiary/aromatic N) is 2. The van der Waals surface area contributed by atoms with Gasteiger partial charge in [-0.15, -0.1) is 0 Å². The van der Waals surface area contributed by atoms with Crippen LogP contribution in [0.5, 0.6) is 0 Å². The van der Waals surface area contributed by atoms with Crippen molar-refractivity contribution in [3.05, 3.63) is 34.7 Å². The molecular formula is C9H10BrN3. The van der Waals surface area contributed by atoms with E-state index in [0.29, 0.717) is 0 Å². The number of rotatable bonds is 2. The summed E-state index contributed by atoms with van der Waals surface area (Å²) in [5.41, 5.74) is 2.21. The van der Waals surface area contributed by atoms with Gasteiger partial charge in [0.15, 0.2) is 0 Å². The first-order valence-corrected chi connectivity index (χ1v) is 4.86. The third-order valence-corrected chi connectivity index (χ3v) is 2.49. The van der Waals surface area contributed by atoms with E-state index < -0.39 is 0 Å². The van der Waals surface area contributed by atoms with E-state index in [4.69, 9.17) is 0 Å². The lowest BCUT2D eigenvalue weighted by Gasteiger charge is -2.01. The number of halogens is 1. The molecule has 0 aliphatic carbocycles. The average molecular weight is 240 g/mol. The monoisotopic (exact) mass is 239 g/mol. The number of aromatic nitrogens is 2. The summed E-state index contributed by atoms with van der Waals surface area (Å²) in [6.07, 6.45) is 3.88. The van der Waals surface area contributed by atoms with E-state index in [1.165, 1.54) is 5.56 Å². The second-order valence-corrected chi connectivity index (χ2v) is 3.69. The van der Waals surface area contributed by atoms with Gasteiger partial charge in [-0.05, 0) is 34.6 Å². The van der Waals surface area contributed by atoms with Gasteiger partial charge in [0, 0.05) is 12.7 Å². The van der Waals surface area contributed by atoms with Gasteiger partial charge in [0.1, 0.15) is 10.3 Å². The van der Waals surface area contributed by atoms with Crippen molar-refractivity contribution < 1.29 is 0 Å². The standard InChI is InChI=1S/C9H10BrN3/c1-11-4-7-2-3-9-12-5-8(10)13(9)6-7/h2-3,5-6,11H,4H2,1H3. The van der Waals surface area contributed by atoms with Crippen molar-refractivity contribution in [3.63, 3.8) is 0 Å². The number of imidazole rings is 1. The highest BCUT2D eigenvalue weighted by molar-refractivity contribution is 9.10. The molecule has 0 radical (unpaired) electrons. The number of pyridine rings is 1. The zero-order chi connectivity index (χ0) is 9.26. The fourth-order valence-electron chi connectivity index (χ4n) is 1.30. The number of hydrogen-bond acceptors (Lipinski definition) is 2. The zero-order valence-corrected chi connectivity index (χ0v) is 8.87. The fraction of sp³-hybridized carbons (Fsp3) is 0.222. The van der Waals surface area contributed by atoms with Crippen molar-refractivity contribution in [2.45, 2.75) is 6.54 Å². The Kier molecular flexibility index (Phi) is 2.33. The van der Waals surface area contributed by atoms with Gasteiger partial charge in [0.05, 0.1) is 6.20 Å². The minimum absolute atomic E-state index is 0.876. The van der Waals surface area contributed by atoms with Crippen LogP contribution in [-0.4, -0.2) is 16.4 Å². The number of fused-ring (bicyclic) bond motifs is 1. The molecule has 0 amide bonds. The van der Waals surface area contributed by atoms with Crippen molar-refractivity contribution in [2.24, 2.45) is 0 Å². The van der Waals surface area contributed by atoms with Gasteiger partial charge < -0.3 is 5.32 Å². The Labute approximate surface area is 84.9 Å². The summed E-state index contributed by atoms with van der Waals surface area (Å²) >= 11 is 3.43. The largest absolute Gasteiger partial charge is 0.316 e. The molecule has 0 saturated carbocycles. The van der Waals surface area contributed by atoms with Gasteiger partial charge in [-0.2, -0.15) is 0 Å². The smallest absolute Gasteiger partial charge is 0.137 e. The highest BCUT2D eigenvalue weighted by Gasteiger charge is 1.99. The lowest BCUT2D eigenvalue weighted by Crippen LogP contribution is -2.05. The summed E-state index contributed by atoms with van der Waals surface area (Å²) in [6.45, 7) is 0.876. The van der Waals surface area contributed by atoms with E-state index in [2.05, 4.69) is 38.5 Å². The molecule has 3 nitrogen and oxygen atoms in total. The molecule has 68 valence electrons. The quantitative estimate of drug-likeness (QED) is 0.867. The zero-order valence-electron chi connectivity index (χ0n) is 7.29. The molecular weight excluding hydrogens is 230 g/mol. The summed E-state index contributed by atoms with van der Waals surface area (Å²) in [6, 6.07) is 4.09. The SMILES string of the molecule is CNCc1ccc2ncc(Br)n2c1. The lowest BCUT2D eigenvalue weighted by molar-refractivity contribution is 0.810. The van der Waals surface area contributed by atoms with E-state index in [-0.39, 0.29) is 0 Å². The second kappa shape index (κ2) is 3.47. The number of hydrogen-bond donors (Lipinski definition) is 1. The molecule has 0 fully saturated rings. The molecule has 1 N–H and O–H groups in total. The Balaban J connectivity index is 2.53. The maximum Gasteiger partial charge on any atom is 0.137 e. The fourth-order valence-corrected chi connectivity index (χ4v) is 1.69. The van der Waals surface area contributed by atoms with Crippen LogP contribution >= 0.6 is 15.9 Å². The Morgan fingerprint density at radius 3 is 3.15 bits per heavy atom. The van der Waals surface area contributed by atoms with Crippen molar-refractivity contribution >= 4 is 21.6 Å². The molecule has 2 rings (SSSR count). The van der Waals surface area contributed by atoms with Gasteiger partial charge in [-0.3, -0.25) is 4.40 Å². The van der Waals surface area contributed by atoms with Crippen LogP contribution in [0.1, 0.15) is 5.56 Å². The van der Waals surface area contributed by atoms with Crippen molar-refractivity contribution in [1.82, 2.24) is 14.7 Å². The normalized spacial score (nSPS) is 10.9. The molecule has 2 heterocycles. The lowest BCUT2D eigenvalue weighted by atomic mass is 10.3. The molecule has 4 heteroatoms. The summed E-state index contributed by atoms with van der Waals surface area (Å²) in [4.78, 5) is 4.22. The van der Waals surface area contributed by atoms with Crippen LogP contribution in [0.4, 0.5) is 0 Å². The van der Waals surface area contributed by atoms with Crippen molar-refractivity contribution in [1.29, 1.82) is 0 Å². The third kappa shape index (κ3) is 1.59. The van der Waals surface area contributed by atoms with E-state index in [1.54, 1.807) is 6.20 Å². The van der Waals surface area contributed by atoms with Crippen LogP contribution in [0.2, 0.25) is 0 Å². The van der Waals surface area contributed by atoms with Crippen LogP contribution < -0.4 is 5.32 Å². The minimum Gasteiger partial charge on any atom is -0.316 e. The average Bonchev–Trinajstić information content (AvgIpc) is 2.49. The third-order valence-electron chi connectivity index (χ3n) is 1.90. The topological polar surface area (TPSA) is 29.3 Å². The molecule has 0 atom stereocenters. The number of nitrogens with one attached hydrogen (secondary N) is 1. The van der Waals surface area contributed by atoms with Crippen molar-refractivity contribution in [2.75, 3.05) is 7.05 Å². The molecule has 2 aromatic heterocycles. The molecule has 0 bridgehead atoms. The van der Waals surface area contributed by atoms with E-state index >= 15 is 0 Å². The first-order valence-electron chi connectivity index (χ1n) is 4.07. The van der Waals surface area contributed by atoms with E-state index in [1.807, 2.05) is 17.5 Å². The van der Waals surface area contributed by atoms with Gasteiger partial charge in [0.25, 0.3) is 0 Å². The van der Waals surface area contributed by atoms with Gasteiger partial charge in [0.2, 0.25) is 0 Å².